The normalized spacial score (nSPS) is 14.0. The summed E-state index contributed by atoms with van der Waals surface area (Å²) in [5.74, 6) is 0.0478. The second-order valence-electron chi connectivity index (χ2n) is 11.6. The molecule has 0 saturated heterocycles. The fourth-order valence-corrected chi connectivity index (χ4v) is 6.74. The second-order valence-corrected chi connectivity index (χ2v) is 12.6. The van der Waals surface area contributed by atoms with Crippen LogP contribution in [0.3, 0.4) is 0 Å². The van der Waals surface area contributed by atoms with E-state index < -0.39 is 18.0 Å². The SMILES string of the molecule is C=CCOC(=O)C1=C(C)N=c2sc(=Cc3cn(-c4ccccc4)nc3-c3ccc(OCCC)cc3)c(=O)n2C1c1ccc(OC(C)=O)c(OC)c1. The Kier molecular flexibility index (Phi) is 10.4. The summed E-state index contributed by atoms with van der Waals surface area (Å²) in [6.45, 7) is 9.28. The van der Waals surface area contributed by atoms with Gasteiger partial charge in [0.15, 0.2) is 16.3 Å². The van der Waals surface area contributed by atoms with Crippen molar-refractivity contribution in [2.45, 2.75) is 33.2 Å². The van der Waals surface area contributed by atoms with Crippen molar-refractivity contribution in [3.05, 3.63) is 134 Å². The van der Waals surface area contributed by atoms with Crippen LogP contribution in [0, 0.1) is 0 Å². The fourth-order valence-electron chi connectivity index (χ4n) is 5.70. The Morgan fingerprint density at radius 1 is 1.04 bits per heavy atom. The Morgan fingerprint density at radius 3 is 2.49 bits per heavy atom. The maximum absolute atomic E-state index is 14.5. The van der Waals surface area contributed by atoms with Gasteiger partial charge < -0.3 is 18.9 Å². The Hall–Kier alpha value is -6.01. The van der Waals surface area contributed by atoms with Crippen molar-refractivity contribution in [2.24, 2.45) is 4.99 Å². The number of hydrogen-bond acceptors (Lipinski definition) is 10. The molecule has 0 aliphatic carbocycles. The number of para-hydroxylation sites is 1. The number of methoxy groups -OCH3 is 1. The van der Waals surface area contributed by atoms with Crippen LogP contribution in [-0.2, 0) is 14.3 Å². The summed E-state index contributed by atoms with van der Waals surface area (Å²) in [4.78, 5) is 44.8. The third-order valence-corrected chi connectivity index (χ3v) is 8.96. The molecule has 5 aromatic rings. The average Bonchev–Trinajstić information content (AvgIpc) is 3.69. The zero-order valence-electron chi connectivity index (χ0n) is 28.6. The summed E-state index contributed by atoms with van der Waals surface area (Å²) in [6, 6.07) is 21.3. The van der Waals surface area contributed by atoms with E-state index in [-0.39, 0.29) is 29.2 Å². The van der Waals surface area contributed by atoms with Gasteiger partial charge in [0.1, 0.15) is 18.1 Å². The van der Waals surface area contributed by atoms with Gasteiger partial charge in [-0.05, 0) is 73.5 Å². The lowest BCUT2D eigenvalue weighted by molar-refractivity contribution is -0.138. The van der Waals surface area contributed by atoms with Crippen molar-refractivity contribution < 1.29 is 28.5 Å². The van der Waals surface area contributed by atoms with Gasteiger partial charge in [-0.15, -0.1) is 0 Å². The van der Waals surface area contributed by atoms with Crippen LogP contribution in [0.1, 0.15) is 44.4 Å². The molecule has 51 heavy (non-hydrogen) atoms. The number of carbonyl (C=O) groups excluding carboxylic acids is 2. The van der Waals surface area contributed by atoms with Crippen LogP contribution in [0.15, 0.2) is 113 Å². The maximum Gasteiger partial charge on any atom is 0.338 e. The van der Waals surface area contributed by atoms with Gasteiger partial charge in [-0.2, -0.15) is 5.10 Å². The Bertz CT molecular complexity index is 2320. The molecule has 0 N–H and O–H groups in total. The third kappa shape index (κ3) is 7.31. The fraction of sp³-hybridized carbons (Fsp3) is 0.205. The summed E-state index contributed by atoms with van der Waals surface area (Å²) in [6.07, 6.45) is 6.04. The number of hydrogen-bond donors (Lipinski definition) is 0. The summed E-state index contributed by atoms with van der Waals surface area (Å²) < 4.78 is 25.7. The molecule has 3 heterocycles. The van der Waals surface area contributed by atoms with Crippen LogP contribution in [0.2, 0.25) is 0 Å². The molecule has 1 aliphatic rings. The molecule has 0 radical (unpaired) electrons. The van der Waals surface area contributed by atoms with Crippen molar-refractivity contribution in [3.63, 3.8) is 0 Å². The van der Waals surface area contributed by atoms with Gasteiger partial charge in [0.25, 0.3) is 5.56 Å². The molecule has 1 aliphatic heterocycles. The minimum absolute atomic E-state index is 0.0264. The van der Waals surface area contributed by atoms with Gasteiger partial charge in [0, 0.05) is 24.2 Å². The number of aromatic nitrogens is 3. The highest BCUT2D eigenvalue weighted by Gasteiger charge is 2.34. The number of esters is 2. The molecular weight excluding hydrogens is 669 g/mol. The molecule has 12 heteroatoms. The zero-order chi connectivity index (χ0) is 36.1. The molecule has 0 amide bonds. The molecule has 6 rings (SSSR count). The first-order chi connectivity index (χ1) is 24.7. The number of benzene rings is 3. The van der Waals surface area contributed by atoms with E-state index in [0.29, 0.717) is 38.5 Å². The second kappa shape index (κ2) is 15.3. The maximum atomic E-state index is 14.5. The van der Waals surface area contributed by atoms with E-state index in [0.717, 1.165) is 23.4 Å². The van der Waals surface area contributed by atoms with Gasteiger partial charge >= 0.3 is 11.9 Å². The number of ether oxygens (including phenoxy) is 4. The summed E-state index contributed by atoms with van der Waals surface area (Å²) in [7, 11) is 1.44. The number of allylic oxidation sites excluding steroid dienone is 1. The Balaban J connectivity index is 1.52. The zero-order valence-corrected chi connectivity index (χ0v) is 29.4. The standard InChI is InChI=1S/C39H36N4O7S/c1-6-19-48-30-16-13-26(14-17-30)35-28(23-42(41-35)29-11-9-8-10-12-29)22-33-37(45)43-36(27-15-18-31(50-25(4)44)32(21-27)47-5)34(38(46)49-20-7-2)24(3)40-39(43)51-33/h7-18,21-23,36H,2,6,19-20H2,1,3-5H3. The minimum atomic E-state index is -0.928. The molecule has 11 nitrogen and oxygen atoms in total. The van der Waals surface area contributed by atoms with Crippen LogP contribution < -0.4 is 29.1 Å². The molecule has 0 saturated carbocycles. The van der Waals surface area contributed by atoms with Crippen molar-refractivity contribution in [3.8, 4) is 34.2 Å². The lowest BCUT2D eigenvalue weighted by Gasteiger charge is -2.25. The average molecular weight is 705 g/mol. The third-order valence-electron chi connectivity index (χ3n) is 7.98. The highest BCUT2D eigenvalue weighted by Crippen LogP contribution is 2.36. The summed E-state index contributed by atoms with van der Waals surface area (Å²) >= 11 is 1.20. The molecule has 1 unspecified atom stereocenters. The lowest BCUT2D eigenvalue weighted by atomic mass is 9.95. The Labute approximate surface area is 298 Å². The molecule has 3 aromatic carbocycles. The van der Waals surface area contributed by atoms with Crippen LogP contribution in [0.4, 0.5) is 0 Å². The Morgan fingerprint density at radius 2 is 1.80 bits per heavy atom. The first kappa shape index (κ1) is 34.8. The van der Waals surface area contributed by atoms with E-state index in [2.05, 4.69) is 13.5 Å². The molecular formula is C39H36N4O7S. The van der Waals surface area contributed by atoms with Crippen LogP contribution >= 0.6 is 11.3 Å². The predicted octanol–water partition coefficient (Wildman–Crippen LogP) is 5.54. The topological polar surface area (TPSA) is 123 Å². The number of fused-ring (bicyclic) bond motifs is 1. The molecule has 260 valence electrons. The lowest BCUT2D eigenvalue weighted by Crippen LogP contribution is -2.40. The summed E-state index contributed by atoms with van der Waals surface area (Å²) in [5, 5.41) is 4.93. The van der Waals surface area contributed by atoms with Crippen molar-refractivity contribution in [1.29, 1.82) is 0 Å². The molecule has 0 bridgehead atoms. The van der Waals surface area contributed by atoms with E-state index >= 15 is 0 Å². The highest BCUT2D eigenvalue weighted by molar-refractivity contribution is 7.07. The van der Waals surface area contributed by atoms with E-state index in [1.807, 2.05) is 60.8 Å². The number of nitrogens with zero attached hydrogens (tertiary/aromatic N) is 4. The van der Waals surface area contributed by atoms with E-state index in [9.17, 15) is 14.4 Å². The number of rotatable bonds is 12. The first-order valence-electron chi connectivity index (χ1n) is 16.3. The van der Waals surface area contributed by atoms with E-state index in [4.69, 9.17) is 29.0 Å². The molecule has 2 aromatic heterocycles. The van der Waals surface area contributed by atoms with Crippen LogP contribution in [0.5, 0.6) is 17.2 Å². The highest BCUT2D eigenvalue weighted by atomic mass is 32.1. The van der Waals surface area contributed by atoms with Crippen LogP contribution in [-0.4, -0.2) is 46.6 Å². The smallest absolute Gasteiger partial charge is 0.338 e. The minimum Gasteiger partial charge on any atom is -0.494 e. The summed E-state index contributed by atoms with van der Waals surface area (Å²) in [5.41, 5.74) is 3.80. The van der Waals surface area contributed by atoms with Gasteiger partial charge in [0.05, 0.1) is 41.2 Å². The monoisotopic (exact) mass is 704 g/mol. The van der Waals surface area contributed by atoms with Gasteiger partial charge in [-0.1, -0.05) is 55.2 Å². The number of carbonyl (C=O) groups is 2. The van der Waals surface area contributed by atoms with Gasteiger partial charge in [0.2, 0.25) is 0 Å². The molecule has 0 fully saturated rings. The van der Waals surface area contributed by atoms with Crippen molar-refractivity contribution in [2.75, 3.05) is 20.3 Å². The first-order valence-corrected chi connectivity index (χ1v) is 17.1. The quantitative estimate of drug-likeness (QED) is 0.0943. The molecule has 1 atom stereocenters. The number of thiazole rings is 1. The van der Waals surface area contributed by atoms with E-state index in [1.54, 1.807) is 35.9 Å². The van der Waals surface area contributed by atoms with Crippen molar-refractivity contribution >= 4 is 29.4 Å². The van der Waals surface area contributed by atoms with Gasteiger partial charge in [-0.25, -0.2) is 14.5 Å². The largest absolute Gasteiger partial charge is 0.494 e. The molecule has 0 spiro atoms. The van der Waals surface area contributed by atoms with Crippen molar-refractivity contribution in [1.82, 2.24) is 14.3 Å². The predicted molar refractivity (Wildman–Crippen MR) is 194 cm³/mol. The van der Waals surface area contributed by atoms with Crippen LogP contribution in [0.25, 0.3) is 23.0 Å². The van der Waals surface area contributed by atoms with Gasteiger partial charge in [-0.3, -0.25) is 14.2 Å². The van der Waals surface area contributed by atoms with E-state index in [1.165, 1.54) is 36.0 Å².